The highest BCUT2D eigenvalue weighted by atomic mass is 16.5. The Morgan fingerprint density at radius 2 is 1.80 bits per heavy atom. The van der Waals surface area contributed by atoms with E-state index in [4.69, 9.17) is 9.26 Å². The van der Waals surface area contributed by atoms with Crippen molar-refractivity contribution in [3.8, 4) is 17.1 Å². The average molecular weight is 401 g/mol. The van der Waals surface area contributed by atoms with E-state index in [0.29, 0.717) is 12.4 Å². The summed E-state index contributed by atoms with van der Waals surface area (Å²) in [5, 5.41) is 15.1. The van der Waals surface area contributed by atoms with E-state index in [9.17, 15) is 5.11 Å². The van der Waals surface area contributed by atoms with Crippen molar-refractivity contribution in [3.63, 3.8) is 0 Å². The van der Waals surface area contributed by atoms with E-state index in [1.165, 1.54) is 0 Å². The van der Waals surface area contributed by atoms with Crippen LogP contribution in [-0.4, -0.2) is 20.2 Å². The number of ether oxygens (including phenoxy) is 1. The molecule has 0 aliphatic rings. The second-order valence-electron chi connectivity index (χ2n) is 7.38. The van der Waals surface area contributed by atoms with Gasteiger partial charge in [-0.2, -0.15) is 4.98 Å². The lowest BCUT2D eigenvalue weighted by Gasteiger charge is -2.26. The molecule has 1 N–H and O–H groups in total. The minimum atomic E-state index is -1.29. The molecule has 0 unspecified atom stereocenters. The number of nitrogens with zero attached hydrogens (tertiary/aromatic N) is 3. The van der Waals surface area contributed by atoms with Crippen LogP contribution in [0.3, 0.4) is 0 Å². The van der Waals surface area contributed by atoms with Gasteiger partial charge in [-0.15, -0.1) is 0 Å². The van der Waals surface area contributed by atoms with Crippen molar-refractivity contribution in [1.29, 1.82) is 0 Å². The normalized spacial score (nSPS) is 14.1. The van der Waals surface area contributed by atoms with Crippen molar-refractivity contribution in [2.24, 2.45) is 0 Å². The fourth-order valence-electron chi connectivity index (χ4n) is 3.15. The standard InChI is InChI=1S/C24H23N3O3/c1-17(19-8-4-3-5-9-19)24(2,28)23-26-22(27-30-23)20-10-12-21(13-11-20)29-16-18-7-6-14-25-15-18/h3-15,17,28H,16H2,1-2H3/t17-,24+/m0/s1. The maximum atomic E-state index is 11.1. The number of aliphatic hydroxyl groups is 1. The van der Waals surface area contributed by atoms with E-state index >= 15 is 0 Å². The lowest BCUT2D eigenvalue weighted by Crippen LogP contribution is -2.28. The molecule has 2 aromatic heterocycles. The first-order valence-corrected chi connectivity index (χ1v) is 9.77. The second kappa shape index (κ2) is 8.47. The van der Waals surface area contributed by atoms with Gasteiger partial charge < -0.3 is 14.4 Å². The highest BCUT2D eigenvalue weighted by Gasteiger charge is 2.37. The van der Waals surface area contributed by atoms with E-state index in [2.05, 4.69) is 15.1 Å². The van der Waals surface area contributed by atoms with E-state index in [1.807, 2.05) is 73.7 Å². The Balaban J connectivity index is 1.47. The molecule has 0 spiro atoms. The smallest absolute Gasteiger partial charge is 0.259 e. The van der Waals surface area contributed by atoms with Crippen LogP contribution in [0, 0.1) is 0 Å². The molecule has 2 aromatic carbocycles. The zero-order chi connectivity index (χ0) is 21.0. The average Bonchev–Trinajstić information content (AvgIpc) is 3.30. The van der Waals surface area contributed by atoms with Gasteiger partial charge in [0, 0.05) is 29.4 Å². The second-order valence-corrected chi connectivity index (χ2v) is 7.38. The summed E-state index contributed by atoms with van der Waals surface area (Å²) >= 11 is 0. The molecule has 2 atom stereocenters. The first-order valence-electron chi connectivity index (χ1n) is 9.77. The summed E-state index contributed by atoms with van der Waals surface area (Å²) in [7, 11) is 0. The van der Waals surface area contributed by atoms with Crippen LogP contribution in [0.5, 0.6) is 5.75 Å². The predicted octanol–water partition coefficient (Wildman–Crippen LogP) is 4.72. The van der Waals surface area contributed by atoms with Crippen molar-refractivity contribution in [3.05, 3.63) is 96.1 Å². The van der Waals surface area contributed by atoms with Crippen LogP contribution in [-0.2, 0) is 12.2 Å². The summed E-state index contributed by atoms with van der Waals surface area (Å²) in [5.74, 6) is 1.13. The van der Waals surface area contributed by atoms with Gasteiger partial charge in [0.25, 0.3) is 5.89 Å². The topological polar surface area (TPSA) is 81.3 Å². The van der Waals surface area contributed by atoms with Crippen molar-refractivity contribution in [2.75, 3.05) is 0 Å². The third-order valence-electron chi connectivity index (χ3n) is 5.24. The number of pyridine rings is 1. The Labute approximate surface area is 175 Å². The van der Waals surface area contributed by atoms with Gasteiger partial charge in [-0.1, -0.05) is 48.5 Å². The van der Waals surface area contributed by atoms with E-state index < -0.39 is 5.60 Å². The molecule has 0 aliphatic heterocycles. The third-order valence-corrected chi connectivity index (χ3v) is 5.24. The molecule has 4 rings (SSSR count). The molecule has 0 aliphatic carbocycles. The summed E-state index contributed by atoms with van der Waals surface area (Å²) in [5.41, 5.74) is 1.48. The summed E-state index contributed by atoms with van der Waals surface area (Å²) in [6, 6.07) is 21.1. The molecule has 0 saturated heterocycles. The molecule has 4 aromatic rings. The molecule has 6 heteroatoms. The van der Waals surface area contributed by atoms with Crippen LogP contribution in [0.25, 0.3) is 11.4 Å². The van der Waals surface area contributed by atoms with Gasteiger partial charge in [-0.3, -0.25) is 4.98 Å². The van der Waals surface area contributed by atoms with E-state index in [-0.39, 0.29) is 11.8 Å². The SMILES string of the molecule is C[C@@H](c1ccccc1)[C@@](C)(O)c1nc(-c2ccc(OCc3cccnc3)cc2)no1. The predicted molar refractivity (Wildman–Crippen MR) is 113 cm³/mol. The zero-order valence-corrected chi connectivity index (χ0v) is 16.9. The molecule has 0 fully saturated rings. The van der Waals surface area contributed by atoms with Gasteiger partial charge in [-0.05, 0) is 42.8 Å². The van der Waals surface area contributed by atoms with Crippen LogP contribution >= 0.6 is 0 Å². The number of hydrogen-bond donors (Lipinski definition) is 1. The van der Waals surface area contributed by atoms with E-state index in [1.54, 1.807) is 19.3 Å². The van der Waals surface area contributed by atoms with Crippen LogP contribution in [0.2, 0.25) is 0 Å². The van der Waals surface area contributed by atoms with Gasteiger partial charge in [0.05, 0.1) is 0 Å². The molecule has 0 bridgehead atoms. The largest absolute Gasteiger partial charge is 0.489 e. The Morgan fingerprint density at radius 1 is 1.03 bits per heavy atom. The molecular formula is C24H23N3O3. The summed E-state index contributed by atoms with van der Waals surface area (Å²) in [6.07, 6.45) is 3.51. The molecule has 0 radical (unpaired) electrons. The number of benzene rings is 2. The highest BCUT2D eigenvalue weighted by molar-refractivity contribution is 5.55. The maximum Gasteiger partial charge on any atom is 0.259 e. The van der Waals surface area contributed by atoms with Gasteiger partial charge in [0.15, 0.2) is 0 Å². The number of rotatable bonds is 7. The van der Waals surface area contributed by atoms with Crippen molar-refractivity contribution in [2.45, 2.75) is 32.0 Å². The molecule has 0 amide bonds. The van der Waals surface area contributed by atoms with Gasteiger partial charge >= 0.3 is 0 Å². The van der Waals surface area contributed by atoms with Crippen molar-refractivity contribution < 1.29 is 14.4 Å². The highest BCUT2D eigenvalue weighted by Crippen LogP contribution is 2.36. The monoisotopic (exact) mass is 401 g/mol. The van der Waals surface area contributed by atoms with Gasteiger partial charge in [0.2, 0.25) is 5.82 Å². The molecule has 0 saturated carbocycles. The molecular weight excluding hydrogens is 378 g/mol. The summed E-state index contributed by atoms with van der Waals surface area (Å²) in [4.78, 5) is 8.52. The van der Waals surface area contributed by atoms with Crippen molar-refractivity contribution in [1.82, 2.24) is 15.1 Å². The van der Waals surface area contributed by atoms with Gasteiger partial charge in [-0.25, -0.2) is 0 Å². The number of aromatic nitrogens is 3. The first-order chi connectivity index (χ1) is 14.5. The third kappa shape index (κ3) is 4.23. The Hall–Kier alpha value is -3.51. The summed E-state index contributed by atoms with van der Waals surface area (Å²) in [6.45, 7) is 4.07. The molecule has 30 heavy (non-hydrogen) atoms. The zero-order valence-electron chi connectivity index (χ0n) is 16.9. The fourth-order valence-corrected chi connectivity index (χ4v) is 3.15. The Bertz CT molecular complexity index is 1080. The fraction of sp³-hybridized carbons (Fsp3) is 0.208. The minimum Gasteiger partial charge on any atom is -0.489 e. The molecule has 6 nitrogen and oxygen atoms in total. The Kier molecular flexibility index (Phi) is 5.59. The number of hydrogen-bond acceptors (Lipinski definition) is 6. The first kappa shape index (κ1) is 19.8. The quantitative estimate of drug-likeness (QED) is 0.482. The Morgan fingerprint density at radius 3 is 2.50 bits per heavy atom. The van der Waals surface area contributed by atoms with E-state index in [0.717, 1.165) is 22.4 Å². The molecule has 152 valence electrons. The lowest BCUT2D eigenvalue weighted by molar-refractivity contribution is 0.000604. The van der Waals surface area contributed by atoms with Crippen LogP contribution in [0.4, 0.5) is 0 Å². The maximum absolute atomic E-state index is 11.1. The summed E-state index contributed by atoms with van der Waals surface area (Å²) < 4.78 is 11.2. The minimum absolute atomic E-state index is 0.186. The lowest BCUT2D eigenvalue weighted by atomic mass is 9.85. The van der Waals surface area contributed by atoms with Crippen LogP contribution in [0.15, 0.2) is 83.6 Å². The van der Waals surface area contributed by atoms with Gasteiger partial charge in [0.1, 0.15) is 18.0 Å². The van der Waals surface area contributed by atoms with Crippen LogP contribution < -0.4 is 4.74 Å². The molecule has 2 heterocycles. The van der Waals surface area contributed by atoms with Crippen LogP contribution in [0.1, 0.15) is 36.8 Å². The van der Waals surface area contributed by atoms with Crippen molar-refractivity contribution >= 4 is 0 Å².